The van der Waals surface area contributed by atoms with E-state index >= 15 is 0 Å². The molecule has 144 valence electrons. The molecule has 27 heavy (non-hydrogen) atoms. The van der Waals surface area contributed by atoms with Crippen molar-refractivity contribution in [1.29, 1.82) is 0 Å². The Labute approximate surface area is 161 Å². The molecule has 2 N–H and O–H groups in total. The lowest BCUT2D eigenvalue weighted by molar-refractivity contribution is 0.0948. The van der Waals surface area contributed by atoms with Gasteiger partial charge in [-0.3, -0.25) is 14.6 Å². The number of nitrogens with zero attached hydrogens (tertiary/aromatic N) is 1. The van der Waals surface area contributed by atoms with Gasteiger partial charge in [-0.05, 0) is 42.5 Å². The normalized spacial score (nSPS) is 10.7. The standard InChI is InChI=1S/C22H29N3O2/c1-5-6-7-12-24-22(27)19-14-17(11-13-23-19)21(26)25-20-16(4)9-8-10-18(20)15(2)3/h8-11,13-15H,5-7,12H2,1-4H3,(H,24,27)(H,25,26). The molecular weight excluding hydrogens is 338 g/mol. The molecule has 0 spiro atoms. The lowest BCUT2D eigenvalue weighted by atomic mass is 9.98. The minimum absolute atomic E-state index is 0.242. The second-order valence-corrected chi connectivity index (χ2v) is 7.04. The van der Waals surface area contributed by atoms with Crippen molar-refractivity contribution in [2.24, 2.45) is 0 Å². The van der Waals surface area contributed by atoms with Crippen molar-refractivity contribution in [2.45, 2.75) is 52.9 Å². The number of anilines is 1. The van der Waals surface area contributed by atoms with Crippen LogP contribution >= 0.6 is 0 Å². The number of carbonyl (C=O) groups excluding carboxylic acids is 2. The minimum Gasteiger partial charge on any atom is -0.351 e. The Morgan fingerprint density at radius 3 is 2.59 bits per heavy atom. The molecule has 1 aromatic carbocycles. The molecule has 1 aromatic heterocycles. The number of rotatable bonds is 8. The Morgan fingerprint density at radius 2 is 1.89 bits per heavy atom. The van der Waals surface area contributed by atoms with Crippen LogP contribution in [0, 0.1) is 6.92 Å². The van der Waals surface area contributed by atoms with E-state index in [-0.39, 0.29) is 17.5 Å². The fourth-order valence-corrected chi connectivity index (χ4v) is 2.89. The summed E-state index contributed by atoms with van der Waals surface area (Å²) in [5.74, 6) is -0.199. The van der Waals surface area contributed by atoms with Gasteiger partial charge in [-0.15, -0.1) is 0 Å². The summed E-state index contributed by atoms with van der Waals surface area (Å²) in [5.41, 5.74) is 3.61. The first kappa shape index (κ1) is 20.6. The van der Waals surface area contributed by atoms with E-state index in [1.165, 1.54) is 12.3 Å². The fraction of sp³-hybridized carbons (Fsp3) is 0.409. The maximum Gasteiger partial charge on any atom is 0.269 e. The predicted molar refractivity (Wildman–Crippen MR) is 109 cm³/mol. The molecule has 2 amide bonds. The van der Waals surface area contributed by atoms with Crippen LogP contribution in [-0.2, 0) is 0 Å². The van der Waals surface area contributed by atoms with Crippen LogP contribution in [-0.4, -0.2) is 23.3 Å². The average molecular weight is 367 g/mol. The Balaban J connectivity index is 2.13. The van der Waals surface area contributed by atoms with Gasteiger partial charge in [0, 0.05) is 24.0 Å². The van der Waals surface area contributed by atoms with Gasteiger partial charge >= 0.3 is 0 Å². The molecule has 5 heteroatoms. The Kier molecular flexibility index (Phi) is 7.53. The number of unbranched alkanes of at least 4 members (excludes halogenated alkanes) is 2. The van der Waals surface area contributed by atoms with Gasteiger partial charge in [0.05, 0.1) is 0 Å². The third kappa shape index (κ3) is 5.64. The molecule has 0 fully saturated rings. The van der Waals surface area contributed by atoms with Crippen LogP contribution in [0.4, 0.5) is 5.69 Å². The van der Waals surface area contributed by atoms with Crippen molar-refractivity contribution in [3.63, 3.8) is 0 Å². The molecule has 2 aromatic rings. The first-order valence-corrected chi connectivity index (χ1v) is 9.59. The predicted octanol–water partition coefficient (Wildman–Crippen LogP) is 4.69. The van der Waals surface area contributed by atoms with E-state index in [4.69, 9.17) is 0 Å². The second-order valence-electron chi connectivity index (χ2n) is 7.04. The Morgan fingerprint density at radius 1 is 1.11 bits per heavy atom. The molecule has 0 aliphatic rings. The summed E-state index contributed by atoms with van der Waals surface area (Å²) in [4.78, 5) is 29.1. The smallest absolute Gasteiger partial charge is 0.269 e. The molecule has 2 rings (SSSR count). The van der Waals surface area contributed by atoms with E-state index in [9.17, 15) is 9.59 Å². The zero-order valence-electron chi connectivity index (χ0n) is 16.6. The summed E-state index contributed by atoms with van der Waals surface area (Å²) in [6, 6.07) is 9.15. The monoisotopic (exact) mass is 367 g/mol. The lowest BCUT2D eigenvalue weighted by Crippen LogP contribution is -2.26. The molecule has 0 saturated carbocycles. The van der Waals surface area contributed by atoms with E-state index < -0.39 is 0 Å². The van der Waals surface area contributed by atoms with Crippen LogP contribution in [0.25, 0.3) is 0 Å². The molecule has 0 radical (unpaired) electrons. The van der Waals surface area contributed by atoms with Crippen LogP contribution in [0.3, 0.4) is 0 Å². The van der Waals surface area contributed by atoms with Crippen LogP contribution in [0.2, 0.25) is 0 Å². The maximum atomic E-state index is 12.7. The van der Waals surface area contributed by atoms with Gasteiger partial charge in [-0.25, -0.2) is 0 Å². The van der Waals surface area contributed by atoms with Gasteiger partial charge in [0.1, 0.15) is 5.69 Å². The highest BCUT2D eigenvalue weighted by Crippen LogP contribution is 2.27. The van der Waals surface area contributed by atoms with Crippen molar-refractivity contribution < 1.29 is 9.59 Å². The number of nitrogens with one attached hydrogen (secondary N) is 2. The van der Waals surface area contributed by atoms with Gasteiger partial charge in [-0.2, -0.15) is 0 Å². The van der Waals surface area contributed by atoms with E-state index in [1.54, 1.807) is 6.07 Å². The number of pyridine rings is 1. The van der Waals surface area contributed by atoms with Crippen LogP contribution in [0.1, 0.15) is 77.9 Å². The number of carbonyl (C=O) groups is 2. The summed E-state index contributed by atoms with van der Waals surface area (Å²) >= 11 is 0. The molecule has 0 saturated heterocycles. The molecule has 0 aliphatic heterocycles. The molecule has 0 bridgehead atoms. The number of aryl methyl sites for hydroxylation is 1. The minimum atomic E-state index is -0.250. The van der Waals surface area contributed by atoms with Gasteiger partial charge in [0.25, 0.3) is 11.8 Å². The fourth-order valence-electron chi connectivity index (χ4n) is 2.89. The van der Waals surface area contributed by atoms with Crippen molar-refractivity contribution in [3.05, 3.63) is 58.9 Å². The first-order chi connectivity index (χ1) is 12.9. The van der Waals surface area contributed by atoms with E-state index in [0.29, 0.717) is 18.0 Å². The van der Waals surface area contributed by atoms with Gasteiger partial charge in [-0.1, -0.05) is 51.8 Å². The number of hydrogen-bond acceptors (Lipinski definition) is 3. The van der Waals surface area contributed by atoms with Crippen LogP contribution in [0.15, 0.2) is 36.5 Å². The second kappa shape index (κ2) is 9.86. The molecule has 1 heterocycles. The summed E-state index contributed by atoms with van der Waals surface area (Å²) in [6.07, 6.45) is 4.61. The van der Waals surface area contributed by atoms with Crippen LogP contribution < -0.4 is 10.6 Å². The third-order valence-electron chi connectivity index (χ3n) is 4.49. The molecule has 5 nitrogen and oxygen atoms in total. The van der Waals surface area contributed by atoms with Crippen LogP contribution in [0.5, 0.6) is 0 Å². The van der Waals surface area contributed by atoms with Gasteiger partial charge < -0.3 is 10.6 Å². The van der Waals surface area contributed by atoms with E-state index in [2.05, 4.69) is 36.4 Å². The van der Waals surface area contributed by atoms with E-state index in [0.717, 1.165) is 36.1 Å². The largest absolute Gasteiger partial charge is 0.351 e. The molecule has 0 aliphatic carbocycles. The summed E-state index contributed by atoms with van der Waals surface area (Å²) < 4.78 is 0. The molecule has 0 unspecified atom stereocenters. The summed E-state index contributed by atoms with van der Waals surface area (Å²) in [5, 5.41) is 5.85. The zero-order valence-corrected chi connectivity index (χ0v) is 16.6. The summed E-state index contributed by atoms with van der Waals surface area (Å²) in [7, 11) is 0. The third-order valence-corrected chi connectivity index (χ3v) is 4.49. The highest BCUT2D eigenvalue weighted by Gasteiger charge is 2.15. The number of hydrogen-bond donors (Lipinski definition) is 2. The van der Waals surface area contributed by atoms with Crippen molar-refractivity contribution >= 4 is 17.5 Å². The summed E-state index contributed by atoms with van der Waals surface area (Å²) in [6.45, 7) is 8.90. The number of aromatic nitrogens is 1. The van der Waals surface area contributed by atoms with Crippen molar-refractivity contribution in [1.82, 2.24) is 10.3 Å². The van der Waals surface area contributed by atoms with Crippen molar-refractivity contribution in [2.75, 3.05) is 11.9 Å². The first-order valence-electron chi connectivity index (χ1n) is 9.59. The number of benzene rings is 1. The SMILES string of the molecule is CCCCCNC(=O)c1cc(C(=O)Nc2c(C)cccc2C(C)C)ccn1. The highest BCUT2D eigenvalue weighted by molar-refractivity contribution is 6.06. The van der Waals surface area contributed by atoms with Gasteiger partial charge in [0.15, 0.2) is 0 Å². The molecular formula is C22H29N3O2. The van der Waals surface area contributed by atoms with Crippen molar-refractivity contribution in [3.8, 4) is 0 Å². The zero-order chi connectivity index (χ0) is 19.8. The molecule has 0 atom stereocenters. The maximum absolute atomic E-state index is 12.7. The van der Waals surface area contributed by atoms with E-state index in [1.807, 2.05) is 25.1 Å². The highest BCUT2D eigenvalue weighted by atomic mass is 16.2. The average Bonchev–Trinajstić information content (AvgIpc) is 2.66. The Bertz CT molecular complexity index is 800. The lowest BCUT2D eigenvalue weighted by Gasteiger charge is -2.16. The quantitative estimate of drug-likeness (QED) is 0.665. The topological polar surface area (TPSA) is 71.1 Å². The number of amides is 2. The Hall–Kier alpha value is -2.69. The number of para-hydroxylation sites is 1. The van der Waals surface area contributed by atoms with Gasteiger partial charge in [0.2, 0.25) is 0 Å².